The van der Waals surface area contributed by atoms with E-state index in [1.807, 2.05) is 32.9 Å². The lowest BCUT2D eigenvalue weighted by atomic mass is 10.1. The van der Waals surface area contributed by atoms with Gasteiger partial charge in [-0.05, 0) is 43.2 Å². The first-order valence-electron chi connectivity index (χ1n) is 9.81. The molecule has 0 aliphatic rings. The number of hydrogen-bond donors (Lipinski definition) is 0. The van der Waals surface area contributed by atoms with Crippen molar-refractivity contribution in [3.8, 4) is 0 Å². The number of amides is 2. The molecule has 0 spiro atoms. The summed E-state index contributed by atoms with van der Waals surface area (Å²) in [6.07, 6.45) is 2.32. The summed E-state index contributed by atoms with van der Waals surface area (Å²) < 4.78 is 18.9. The maximum absolute atomic E-state index is 13.2. The average molecular weight is 400 g/mol. The highest BCUT2D eigenvalue weighted by atomic mass is 19.1. The molecule has 2 amide bonds. The predicted octanol–water partition coefficient (Wildman–Crippen LogP) is 4.32. The van der Waals surface area contributed by atoms with Gasteiger partial charge in [0.2, 0.25) is 11.8 Å². The van der Waals surface area contributed by atoms with Gasteiger partial charge in [-0.15, -0.1) is 6.58 Å². The van der Waals surface area contributed by atoms with Crippen LogP contribution >= 0.6 is 0 Å². The average Bonchev–Trinajstić information content (AvgIpc) is 3.12. The maximum Gasteiger partial charge on any atom is 0.242 e. The van der Waals surface area contributed by atoms with Gasteiger partial charge in [-0.1, -0.05) is 32.1 Å². The van der Waals surface area contributed by atoms with E-state index in [0.717, 1.165) is 11.3 Å². The second-order valence-corrected chi connectivity index (χ2v) is 7.21. The Kier molecular flexibility index (Phi) is 8.19. The minimum absolute atomic E-state index is 0.0456. The number of carbonyl (C=O) groups excluding carboxylic acids is 2. The lowest BCUT2D eigenvalue weighted by molar-refractivity contribution is -0.143. The number of carbonyl (C=O) groups is 2. The number of aryl methyl sites for hydroxylation is 1. The van der Waals surface area contributed by atoms with Crippen molar-refractivity contribution < 1.29 is 18.4 Å². The quantitative estimate of drug-likeness (QED) is 0.558. The lowest BCUT2D eigenvalue weighted by Gasteiger charge is -2.28. The summed E-state index contributed by atoms with van der Waals surface area (Å²) in [6.45, 7) is 10.1. The van der Waals surface area contributed by atoms with Gasteiger partial charge in [-0.3, -0.25) is 9.59 Å². The number of furan rings is 1. The first-order chi connectivity index (χ1) is 13.8. The molecule has 0 bridgehead atoms. The zero-order valence-corrected chi connectivity index (χ0v) is 17.4. The molecule has 0 saturated heterocycles. The van der Waals surface area contributed by atoms with Gasteiger partial charge in [0.1, 0.15) is 23.9 Å². The van der Waals surface area contributed by atoms with Gasteiger partial charge >= 0.3 is 0 Å². The Morgan fingerprint density at radius 3 is 2.38 bits per heavy atom. The minimum Gasteiger partial charge on any atom is -0.464 e. The first kappa shape index (κ1) is 22.4. The number of halogens is 1. The molecule has 1 atom stereocenters. The van der Waals surface area contributed by atoms with Crippen molar-refractivity contribution in [3.05, 3.63) is 72.0 Å². The monoisotopic (exact) mass is 400 g/mol. The largest absolute Gasteiger partial charge is 0.464 e. The third-order valence-corrected chi connectivity index (χ3v) is 4.80. The molecule has 6 heteroatoms. The van der Waals surface area contributed by atoms with Crippen molar-refractivity contribution in [2.75, 3.05) is 13.1 Å². The molecule has 0 radical (unpaired) electrons. The van der Waals surface area contributed by atoms with Crippen LogP contribution in [0.15, 0.2) is 53.5 Å². The van der Waals surface area contributed by atoms with Crippen LogP contribution in [0.25, 0.3) is 0 Å². The zero-order chi connectivity index (χ0) is 21.4. The summed E-state index contributed by atoms with van der Waals surface area (Å²) >= 11 is 0. The lowest BCUT2D eigenvalue weighted by Crippen LogP contribution is -2.44. The smallest absolute Gasteiger partial charge is 0.242 e. The molecule has 2 aromatic rings. The van der Waals surface area contributed by atoms with Crippen LogP contribution in [0.4, 0.5) is 4.39 Å². The topological polar surface area (TPSA) is 53.8 Å². The SMILES string of the molecule is C=CCN(CC(=O)N(Cc1ccc(F)cc1)Cc1ccc(C)o1)C(=O)C(C)CC. The number of nitrogens with zero attached hydrogens (tertiary/aromatic N) is 2. The van der Waals surface area contributed by atoms with Crippen molar-refractivity contribution in [3.63, 3.8) is 0 Å². The standard InChI is InChI=1S/C23H29FN2O3/c1-5-13-25(23(28)17(3)6-2)16-22(27)26(15-21-12-7-18(4)29-21)14-19-8-10-20(24)11-9-19/h5,7-12,17H,1,6,13-16H2,2-4H3. The molecule has 1 aromatic heterocycles. The van der Waals surface area contributed by atoms with Gasteiger partial charge in [0.15, 0.2) is 0 Å². The summed E-state index contributed by atoms with van der Waals surface area (Å²) in [5.74, 6) is 0.639. The van der Waals surface area contributed by atoms with Crippen LogP contribution in [0, 0.1) is 18.7 Å². The Morgan fingerprint density at radius 2 is 1.83 bits per heavy atom. The Morgan fingerprint density at radius 1 is 1.14 bits per heavy atom. The minimum atomic E-state index is -0.329. The van der Waals surface area contributed by atoms with E-state index in [9.17, 15) is 14.0 Å². The van der Waals surface area contributed by atoms with Gasteiger partial charge in [0.05, 0.1) is 6.54 Å². The fraction of sp³-hybridized carbons (Fsp3) is 0.391. The van der Waals surface area contributed by atoms with Crippen LogP contribution in [0.5, 0.6) is 0 Å². The summed E-state index contributed by atoms with van der Waals surface area (Å²) in [7, 11) is 0. The Hall–Kier alpha value is -2.89. The Balaban J connectivity index is 2.20. The Labute approximate surface area is 171 Å². The second-order valence-electron chi connectivity index (χ2n) is 7.21. The number of hydrogen-bond acceptors (Lipinski definition) is 3. The Bertz CT molecular complexity index is 829. The molecule has 2 rings (SSSR count). The normalized spacial score (nSPS) is 11.7. The first-order valence-corrected chi connectivity index (χ1v) is 9.81. The van der Waals surface area contributed by atoms with E-state index in [2.05, 4.69) is 6.58 Å². The predicted molar refractivity (Wildman–Crippen MR) is 110 cm³/mol. The van der Waals surface area contributed by atoms with Crippen LogP contribution in [-0.2, 0) is 22.7 Å². The van der Waals surface area contributed by atoms with Crippen molar-refractivity contribution in [1.29, 1.82) is 0 Å². The molecule has 0 fully saturated rings. The van der Waals surface area contributed by atoms with E-state index < -0.39 is 0 Å². The third kappa shape index (κ3) is 6.59. The highest BCUT2D eigenvalue weighted by Gasteiger charge is 2.24. The van der Waals surface area contributed by atoms with Crippen molar-refractivity contribution in [2.45, 2.75) is 40.3 Å². The molecular formula is C23H29FN2O3. The van der Waals surface area contributed by atoms with Crippen LogP contribution in [0.1, 0.15) is 37.4 Å². The van der Waals surface area contributed by atoms with E-state index >= 15 is 0 Å². The van der Waals surface area contributed by atoms with Gasteiger partial charge in [0, 0.05) is 19.0 Å². The van der Waals surface area contributed by atoms with E-state index in [4.69, 9.17) is 4.42 Å². The highest BCUT2D eigenvalue weighted by Crippen LogP contribution is 2.15. The molecule has 1 aromatic carbocycles. The van der Waals surface area contributed by atoms with Crippen molar-refractivity contribution in [2.24, 2.45) is 5.92 Å². The van der Waals surface area contributed by atoms with Gasteiger partial charge in [0.25, 0.3) is 0 Å². The second kappa shape index (κ2) is 10.6. The summed E-state index contributed by atoms with van der Waals surface area (Å²) in [5.41, 5.74) is 0.798. The molecule has 0 aliphatic heterocycles. The van der Waals surface area contributed by atoms with Crippen LogP contribution < -0.4 is 0 Å². The summed E-state index contributed by atoms with van der Waals surface area (Å²) in [6, 6.07) is 9.69. The molecule has 156 valence electrons. The zero-order valence-electron chi connectivity index (χ0n) is 17.4. The molecule has 29 heavy (non-hydrogen) atoms. The molecule has 1 unspecified atom stereocenters. The fourth-order valence-electron chi connectivity index (χ4n) is 2.94. The van der Waals surface area contributed by atoms with Crippen LogP contribution in [0.2, 0.25) is 0 Å². The van der Waals surface area contributed by atoms with E-state index in [1.54, 1.807) is 23.1 Å². The van der Waals surface area contributed by atoms with Gasteiger partial charge in [-0.2, -0.15) is 0 Å². The van der Waals surface area contributed by atoms with E-state index in [1.165, 1.54) is 17.0 Å². The molecule has 1 heterocycles. The molecule has 5 nitrogen and oxygen atoms in total. The molecular weight excluding hydrogens is 371 g/mol. The van der Waals surface area contributed by atoms with Crippen molar-refractivity contribution >= 4 is 11.8 Å². The van der Waals surface area contributed by atoms with E-state index in [-0.39, 0.29) is 43.2 Å². The summed E-state index contributed by atoms with van der Waals surface area (Å²) in [5, 5.41) is 0. The third-order valence-electron chi connectivity index (χ3n) is 4.80. The van der Waals surface area contributed by atoms with E-state index in [0.29, 0.717) is 18.7 Å². The van der Waals surface area contributed by atoms with Crippen LogP contribution in [-0.4, -0.2) is 34.7 Å². The fourth-order valence-corrected chi connectivity index (χ4v) is 2.94. The summed E-state index contributed by atoms with van der Waals surface area (Å²) in [4.78, 5) is 28.9. The van der Waals surface area contributed by atoms with Gasteiger partial charge < -0.3 is 14.2 Å². The number of rotatable bonds is 10. The molecule has 0 aliphatic carbocycles. The number of benzene rings is 1. The van der Waals surface area contributed by atoms with Crippen LogP contribution in [0.3, 0.4) is 0 Å². The van der Waals surface area contributed by atoms with Crippen molar-refractivity contribution in [1.82, 2.24) is 9.80 Å². The molecule has 0 N–H and O–H groups in total. The molecule has 0 saturated carbocycles. The van der Waals surface area contributed by atoms with Gasteiger partial charge in [-0.25, -0.2) is 4.39 Å². The maximum atomic E-state index is 13.2. The highest BCUT2D eigenvalue weighted by molar-refractivity contribution is 5.86.